The van der Waals surface area contributed by atoms with Crippen molar-refractivity contribution in [3.05, 3.63) is 82.9 Å². The molecule has 2 aliphatic rings. The highest BCUT2D eigenvalue weighted by Crippen LogP contribution is 2.45. The van der Waals surface area contributed by atoms with Crippen LogP contribution in [0.15, 0.2) is 66.2 Å². The van der Waals surface area contributed by atoms with E-state index in [4.69, 9.17) is 19.2 Å². The van der Waals surface area contributed by atoms with Crippen molar-refractivity contribution in [2.45, 2.75) is 39.3 Å². The fourth-order valence-corrected chi connectivity index (χ4v) is 6.26. The number of fused-ring (bicyclic) bond motifs is 2. The number of hydrogen-bond acceptors (Lipinski definition) is 8. The topological polar surface area (TPSA) is 98.2 Å². The molecule has 1 N–H and O–H groups in total. The first kappa shape index (κ1) is 25.9. The molecule has 1 saturated heterocycles. The van der Waals surface area contributed by atoms with Gasteiger partial charge < -0.3 is 19.3 Å². The highest BCUT2D eigenvalue weighted by Gasteiger charge is 2.48. The zero-order chi connectivity index (χ0) is 28.0. The molecule has 1 aromatic heterocycles. The first-order valence-electron chi connectivity index (χ1n) is 13.2. The van der Waals surface area contributed by atoms with Gasteiger partial charge in [0.2, 0.25) is 0 Å². The molecular formula is C31H28N2O6S. The van der Waals surface area contributed by atoms with Crippen LogP contribution < -0.4 is 19.1 Å². The van der Waals surface area contributed by atoms with Crippen LogP contribution in [0, 0.1) is 0 Å². The van der Waals surface area contributed by atoms with Gasteiger partial charge in [-0.2, -0.15) is 0 Å². The van der Waals surface area contributed by atoms with Gasteiger partial charge in [0.25, 0.3) is 5.78 Å². The molecule has 0 aliphatic carbocycles. The second kappa shape index (κ2) is 10.3. The molecule has 1 amide bonds. The van der Waals surface area contributed by atoms with Gasteiger partial charge in [0, 0.05) is 12.0 Å². The van der Waals surface area contributed by atoms with E-state index >= 15 is 0 Å². The second-order valence-corrected chi connectivity index (χ2v) is 10.7. The molecule has 2 unspecified atom stereocenters. The molecule has 6 rings (SSSR count). The molecule has 1 fully saturated rings. The summed E-state index contributed by atoms with van der Waals surface area (Å²) in [6, 6.07) is 17.2. The maximum atomic E-state index is 13.6. The smallest absolute Gasteiger partial charge is 0.301 e. The molecule has 9 heteroatoms. The number of amides is 1. The number of anilines is 1. The Kier molecular flexibility index (Phi) is 6.67. The van der Waals surface area contributed by atoms with E-state index in [1.807, 2.05) is 45.0 Å². The Morgan fingerprint density at radius 1 is 1.02 bits per heavy atom. The van der Waals surface area contributed by atoms with Gasteiger partial charge in [-0.25, -0.2) is 4.98 Å². The number of ether oxygens (including phenoxy) is 3. The number of carbonyl (C=O) groups is 2. The van der Waals surface area contributed by atoms with Crippen LogP contribution in [0.2, 0.25) is 0 Å². The molecule has 3 aromatic carbocycles. The second-order valence-electron chi connectivity index (χ2n) is 9.69. The highest BCUT2D eigenvalue weighted by atomic mass is 32.1. The lowest BCUT2D eigenvalue weighted by molar-refractivity contribution is -0.132. The van der Waals surface area contributed by atoms with Crippen molar-refractivity contribution in [3.8, 4) is 17.2 Å². The van der Waals surface area contributed by atoms with E-state index in [0.29, 0.717) is 52.9 Å². The summed E-state index contributed by atoms with van der Waals surface area (Å²) in [5, 5.41) is 11.9. The Balaban J connectivity index is 1.49. The number of Topliss-reactive ketones (excluding diaryl/α,β-unsaturated/α-hetero) is 1. The Morgan fingerprint density at radius 3 is 2.50 bits per heavy atom. The van der Waals surface area contributed by atoms with E-state index in [1.165, 1.54) is 16.2 Å². The third kappa shape index (κ3) is 4.46. The number of aromatic nitrogens is 1. The number of aliphatic hydroxyl groups is 1. The molecule has 0 bridgehead atoms. The minimum absolute atomic E-state index is 0.00957. The Hall–Kier alpha value is -4.37. The zero-order valence-corrected chi connectivity index (χ0v) is 23.2. The maximum Gasteiger partial charge on any atom is 0.301 e. The Bertz CT molecular complexity index is 1660. The molecule has 0 spiro atoms. The first-order chi connectivity index (χ1) is 19.4. The number of ketones is 1. The zero-order valence-electron chi connectivity index (χ0n) is 22.3. The maximum absolute atomic E-state index is 13.6. The fourth-order valence-electron chi connectivity index (χ4n) is 5.24. The summed E-state index contributed by atoms with van der Waals surface area (Å²) in [5.74, 6) is 0.373. The molecule has 0 radical (unpaired) electrons. The van der Waals surface area contributed by atoms with Crippen molar-refractivity contribution in [2.75, 3.05) is 18.1 Å². The average molecular weight is 557 g/mol. The average Bonchev–Trinajstić information content (AvgIpc) is 3.61. The highest BCUT2D eigenvalue weighted by molar-refractivity contribution is 7.22. The van der Waals surface area contributed by atoms with Crippen LogP contribution >= 0.6 is 11.3 Å². The van der Waals surface area contributed by atoms with Crippen molar-refractivity contribution < 1.29 is 28.9 Å². The normalized spacial score (nSPS) is 19.6. The molecule has 40 heavy (non-hydrogen) atoms. The predicted molar refractivity (Wildman–Crippen MR) is 153 cm³/mol. The van der Waals surface area contributed by atoms with Gasteiger partial charge in [-0.05, 0) is 80.4 Å². The van der Waals surface area contributed by atoms with E-state index in [9.17, 15) is 14.7 Å². The van der Waals surface area contributed by atoms with Crippen molar-refractivity contribution in [1.29, 1.82) is 0 Å². The van der Waals surface area contributed by atoms with Gasteiger partial charge in [-0.1, -0.05) is 23.5 Å². The molecule has 2 aliphatic heterocycles. The summed E-state index contributed by atoms with van der Waals surface area (Å²) >= 11 is 1.29. The summed E-state index contributed by atoms with van der Waals surface area (Å²) < 4.78 is 17.8. The van der Waals surface area contributed by atoms with Crippen molar-refractivity contribution >= 4 is 44.1 Å². The number of rotatable bonds is 7. The SMILES string of the molecule is CCOc1ccc(C2/C(=C(\O)c3ccc4c(c3)CC(C)O4)C(=O)C(=O)N2c2nc3ccc(OCC)cc3s2)cc1. The van der Waals surface area contributed by atoms with Crippen LogP contribution in [0.1, 0.15) is 43.5 Å². The number of aliphatic hydroxyl groups excluding tert-OH is 1. The predicted octanol–water partition coefficient (Wildman–Crippen LogP) is 6.04. The van der Waals surface area contributed by atoms with Gasteiger partial charge in [0.15, 0.2) is 5.13 Å². The summed E-state index contributed by atoms with van der Waals surface area (Å²) in [6.07, 6.45) is 0.729. The number of thiazole rings is 1. The van der Waals surface area contributed by atoms with Gasteiger partial charge in [0.05, 0.1) is 35.0 Å². The standard InChI is InChI=1S/C31H28N2O6S/c1-4-37-21-9-6-18(7-10-21)27-26(28(34)19-8-13-24-20(15-19)14-17(3)39-24)29(35)30(36)33(27)31-32-23-12-11-22(38-5-2)16-25(23)40-31/h6-13,15-17,27,34H,4-5,14H2,1-3H3/b28-26+. The van der Waals surface area contributed by atoms with Gasteiger partial charge >= 0.3 is 5.91 Å². The molecule has 8 nitrogen and oxygen atoms in total. The van der Waals surface area contributed by atoms with Crippen LogP contribution in [0.4, 0.5) is 5.13 Å². The number of benzene rings is 3. The molecule has 3 heterocycles. The largest absolute Gasteiger partial charge is 0.507 e. The van der Waals surface area contributed by atoms with Crippen molar-refractivity contribution in [2.24, 2.45) is 0 Å². The fraction of sp³-hybridized carbons (Fsp3) is 0.258. The van der Waals surface area contributed by atoms with Crippen LogP contribution in [-0.4, -0.2) is 41.1 Å². The van der Waals surface area contributed by atoms with Gasteiger partial charge in [0.1, 0.15) is 29.1 Å². The molecular weight excluding hydrogens is 528 g/mol. The van der Waals surface area contributed by atoms with E-state index < -0.39 is 17.7 Å². The Morgan fingerprint density at radius 2 is 1.75 bits per heavy atom. The minimum atomic E-state index is -0.883. The summed E-state index contributed by atoms with van der Waals surface area (Å²) in [7, 11) is 0. The minimum Gasteiger partial charge on any atom is -0.507 e. The number of carbonyl (C=O) groups excluding carboxylic acids is 2. The number of nitrogens with zero attached hydrogens (tertiary/aromatic N) is 2. The quantitative estimate of drug-likeness (QED) is 0.168. The lowest BCUT2D eigenvalue weighted by atomic mass is 9.94. The van der Waals surface area contributed by atoms with Crippen LogP contribution in [0.5, 0.6) is 17.2 Å². The lowest BCUT2D eigenvalue weighted by Gasteiger charge is -2.23. The van der Waals surface area contributed by atoms with Crippen LogP contribution in [0.25, 0.3) is 16.0 Å². The summed E-state index contributed by atoms with van der Waals surface area (Å²) in [4.78, 5) is 33.3. The van der Waals surface area contributed by atoms with Crippen molar-refractivity contribution in [1.82, 2.24) is 4.98 Å². The monoisotopic (exact) mass is 556 g/mol. The van der Waals surface area contributed by atoms with E-state index in [-0.39, 0.29) is 17.4 Å². The summed E-state index contributed by atoms with van der Waals surface area (Å²) in [6.45, 7) is 6.82. The van der Waals surface area contributed by atoms with E-state index in [0.717, 1.165) is 16.0 Å². The third-order valence-electron chi connectivity index (χ3n) is 6.99. The van der Waals surface area contributed by atoms with E-state index in [1.54, 1.807) is 36.4 Å². The first-order valence-corrected chi connectivity index (χ1v) is 14.1. The number of hydrogen-bond donors (Lipinski definition) is 1. The van der Waals surface area contributed by atoms with Crippen LogP contribution in [0.3, 0.4) is 0 Å². The van der Waals surface area contributed by atoms with Gasteiger partial charge in [-0.15, -0.1) is 0 Å². The van der Waals surface area contributed by atoms with Crippen LogP contribution in [-0.2, 0) is 16.0 Å². The lowest BCUT2D eigenvalue weighted by Crippen LogP contribution is -2.29. The Labute approximate surface area is 235 Å². The van der Waals surface area contributed by atoms with E-state index in [2.05, 4.69) is 0 Å². The van der Waals surface area contributed by atoms with Gasteiger partial charge in [-0.3, -0.25) is 14.5 Å². The molecule has 0 saturated carbocycles. The third-order valence-corrected chi connectivity index (χ3v) is 8.00. The molecule has 2 atom stereocenters. The molecule has 4 aromatic rings. The summed E-state index contributed by atoms with van der Waals surface area (Å²) in [5.41, 5.74) is 2.74. The van der Waals surface area contributed by atoms with Crippen molar-refractivity contribution in [3.63, 3.8) is 0 Å². The molecule has 204 valence electrons.